The van der Waals surface area contributed by atoms with Crippen LogP contribution in [0, 0.1) is 5.41 Å². The highest BCUT2D eigenvalue weighted by atomic mass is 35.5. The van der Waals surface area contributed by atoms with Crippen LogP contribution in [0.25, 0.3) is 0 Å². The van der Waals surface area contributed by atoms with Crippen molar-refractivity contribution in [2.75, 3.05) is 11.9 Å². The summed E-state index contributed by atoms with van der Waals surface area (Å²) < 4.78 is 0. The first-order chi connectivity index (χ1) is 9.54. The Morgan fingerprint density at radius 1 is 1.35 bits per heavy atom. The number of hydrogen-bond acceptors (Lipinski definition) is 3. The molecule has 2 atom stereocenters. The van der Waals surface area contributed by atoms with Gasteiger partial charge in [-0.1, -0.05) is 44.7 Å². The molecular weight excluding hydrogens is 270 g/mol. The number of hydrogen-bond donors (Lipinski definition) is 0. The molecule has 0 radical (unpaired) electrons. The quantitative estimate of drug-likeness (QED) is 0.754. The normalized spacial score (nSPS) is 27.1. The summed E-state index contributed by atoms with van der Waals surface area (Å²) in [5.74, 6) is 0.931. The molecule has 2 rings (SSSR count). The molecule has 0 aromatic carbocycles. The van der Waals surface area contributed by atoms with Crippen molar-refractivity contribution in [3.05, 3.63) is 17.3 Å². The summed E-state index contributed by atoms with van der Waals surface area (Å²) >= 11 is 5.82. The largest absolute Gasteiger partial charge is 0.355 e. The molecule has 4 heteroatoms. The van der Waals surface area contributed by atoms with E-state index in [4.69, 9.17) is 11.6 Å². The van der Waals surface area contributed by atoms with Crippen molar-refractivity contribution in [1.82, 2.24) is 10.2 Å². The van der Waals surface area contributed by atoms with E-state index in [1.54, 1.807) is 0 Å². The zero-order valence-corrected chi connectivity index (χ0v) is 13.7. The molecule has 0 amide bonds. The average molecular weight is 296 g/mol. The summed E-state index contributed by atoms with van der Waals surface area (Å²) in [7, 11) is 2.14. The third kappa shape index (κ3) is 3.85. The van der Waals surface area contributed by atoms with E-state index >= 15 is 0 Å². The lowest BCUT2D eigenvalue weighted by atomic mass is 9.77. The van der Waals surface area contributed by atoms with Gasteiger partial charge in [0.05, 0.1) is 0 Å². The highest BCUT2D eigenvalue weighted by Crippen LogP contribution is 2.40. The molecule has 1 aromatic rings. The van der Waals surface area contributed by atoms with Gasteiger partial charge in [-0.3, -0.25) is 0 Å². The highest BCUT2D eigenvalue weighted by molar-refractivity contribution is 6.29. The molecule has 3 nitrogen and oxygen atoms in total. The fourth-order valence-electron chi connectivity index (χ4n) is 3.55. The second-order valence-corrected chi connectivity index (χ2v) is 6.88. The first-order valence-corrected chi connectivity index (χ1v) is 8.14. The summed E-state index contributed by atoms with van der Waals surface area (Å²) in [6.45, 7) is 4.75. The van der Waals surface area contributed by atoms with Gasteiger partial charge in [-0.2, -0.15) is 0 Å². The van der Waals surface area contributed by atoms with Crippen LogP contribution in [0.1, 0.15) is 58.8 Å². The van der Waals surface area contributed by atoms with Crippen LogP contribution in [0.2, 0.25) is 5.15 Å². The van der Waals surface area contributed by atoms with Crippen molar-refractivity contribution < 1.29 is 0 Å². The molecule has 0 unspecified atom stereocenters. The third-order valence-electron chi connectivity index (χ3n) is 4.68. The predicted octanol–water partition coefficient (Wildman–Crippen LogP) is 4.71. The molecule has 0 spiro atoms. The Kier molecular flexibility index (Phi) is 5.25. The lowest BCUT2D eigenvalue weighted by Gasteiger charge is -2.35. The maximum Gasteiger partial charge on any atom is 0.151 e. The van der Waals surface area contributed by atoms with E-state index in [0.717, 1.165) is 5.82 Å². The Hall–Kier alpha value is -0.830. The standard InChI is InChI=1S/C16H26ClN3/c1-4-10-16(2)11-6-5-7-13(12-16)20(3)15-9-8-14(17)18-19-15/h8-9,13H,4-7,10-12H2,1-3H3/t13-,16+/m0/s1. The van der Waals surface area contributed by atoms with E-state index in [0.29, 0.717) is 16.6 Å². The summed E-state index contributed by atoms with van der Waals surface area (Å²) in [6, 6.07) is 4.35. The van der Waals surface area contributed by atoms with Crippen LogP contribution in [-0.4, -0.2) is 23.3 Å². The minimum absolute atomic E-state index is 0.457. The predicted molar refractivity (Wildman–Crippen MR) is 85.3 cm³/mol. The van der Waals surface area contributed by atoms with Gasteiger partial charge in [0.15, 0.2) is 11.0 Å². The lowest BCUT2D eigenvalue weighted by molar-refractivity contribution is 0.238. The first-order valence-electron chi connectivity index (χ1n) is 7.76. The maximum absolute atomic E-state index is 5.82. The van der Waals surface area contributed by atoms with Gasteiger partial charge in [0.2, 0.25) is 0 Å². The SMILES string of the molecule is CCC[C@]1(C)CCCC[C@H](N(C)c2ccc(Cl)nn2)C1. The van der Waals surface area contributed by atoms with Crippen LogP contribution in [0.3, 0.4) is 0 Å². The zero-order chi connectivity index (χ0) is 14.6. The van der Waals surface area contributed by atoms with Gasteiger partial charge in [0.1, 0.15) is 0 Å². The van der Waals surface area contributed by atoms with Gasteiger partial charge < -0.3 is 4.90 Å². The minimum atomic E-state index is 0.457. The molecular formula is C16H26ClN3. The fraction of sp³-hybridized carbons (Fsp3) is 0.750. The average Bonchev–Trinajstić information content (AvgIpc) is 2.61. The lowest BCUT2D eigenvalue weighted by Crippen LogP contribution is -2.36. The van der Waals surface area contributed by atoms with Crippen LogP contribution < -0.4 is 4.90 Å². The Morgan fingerprint density at radius 3 is 2.80 bits per heavy atom. The van der Waals surface area contributed by atoms with Crippen molar-refractivity contribution in [3.63, 3.8) is 0 Å². The number of halogens is 1. The Morgan fingerprint density at radius 2 is 2.15 bits per heavy atom. The molecule has 20 heavy (non-hydrogen) atoms. The van der Waals surface area contributed by atoms with Crippen molar-refractivity contribution in [1.29, 1.82) is 0 Å². The van der Waals surface area contributed by atoms with Crippen LogP contribution in [0.4, 0.5) is 5.82 Å². The van der Waals surface area contributed by atoms with Gasteiger partial charge in [-0.05, 0) is 43.2 Å². The molecule has 0 N–H and O–H groups in total. The van der Waals surface area contributed by atoms with Crippen LogP contribution in [0.15, 0.2) is 12.1 Å². The zero-order valence-electron chi connectivity index (χ0n) is 12.9. The molecule has 0 saturated heterocycles. The topological polar surface area (TPSA) is 29.0 Å². The van der Waals surface area contributed by atoms with Crippen molar-refractivity contribution in [2.24, 2.45) is 5.41 Å². The fourth-order valence-corrected chi connectivity index (χ4v) is 3.65. The third-order valence-corrected chi connectivity index (χ3v) is 4.88. The Bertz CT molecular complexity index is 420. The van der Waals surface area contributed by atoms with Crippen LogP contribution in [0.5, 0.6) is 0 Å². The Balaban J connectivity index is 2.11. The van der Waals surface area contributed by atoms with Crippen LogP contribution >= 0.6 is 11.6 Å². The second-order valence-electron chi connectivity index (χ2n) is 6.49. The van der Waals surface area contributed by atoms with Crippen molar-refractivity contribution in [2.45, 2.75) is 64.8 Å². The van der Waals surface area contributed by atoms with Gasteiger partial charge >= 0.3 is 0 Å². The summed E-state index contributed by atoms with van der Waals surface area (Å²) in [5.41, 5.74) is 0.476. The summed E-state index contributed by atoms with van der Waals surface area (Å²) in [6.07, 6.45) is 9.12. The second kappa shape index (κ2) is 6.75. The molecule has 1 saturated carbocycles. The molecule has 0 aliphatic heterocycles. The van der Waals surface area contributed by atoms with E-state index in [9.17, 15) is 0 Å². The number of nitrogens with zero attached hydrogens (tertiary/aromatic N) is 3. The highest BCUT2D eigenvalue weighted by Gasteiger charge is 2.31. The van der Waals surface area contributed by atoms with Gasteiger partial charge in [0.25, 0.3) is 0 Å². The summed E-state index contributed by atoms with van der Waals surface area (Å²) in [4.78, 5) is 2.29. The van der Waals surface area contributed by atoms with E-state index < -0.39 is 0 Å². The van der Waals surface area contributed by atoms with Gasteiger partial charge in [-0.15, -0.1) is 10.2 Å². The van der Waals surface area contributed by atoms with Crippen LogP contribution in [-0.2, 0) is 0 Å². The van der Waals surface area contributed by atoms with Crippen molar-refractivity contribution in [3.8, 4) is 0 Å². The minimum Gasteiger partial charge on any atom is -0.355 e. The molecule has 1 aliphatic rings. The number of aromatic nitrogens is 2. The summed E-state index contributed by atoms with van der Waals surface area (Å²) in [5, 5.41) is 8.64. The Labute approximate surface area is 127 Å². The van der Waals surface area contributed by atoms with Gasteiger partial charge in [0, 0.05) is 13.1 Å². The van der Waals surface area contributed by atoms with E-state index in [2.05, 4.69) is 36.0 Å². The molecule has 0 bridgehead atoms. The molecule has 1 aliphatic carbocycles. The number of anilines is 1. The number of rotatable bonds is 4. The van der Waals surface area contributed by atoms with Gasteiger partial charge in [-0.25, -0.2) is 0 Å². The molecule has 1 aromatic heterocycles. The molecule has 1 fully saturated rings. The van der Waals surface area contributed by atoms with E-state index in [-0.39, 0.29) is 0 Å². The van der Waals surface area contributed by atoms with E-state index in [1.165, 1.54) is 44.9 Å². The molecule has 1 heterocycles. The smallest absolute Gasteiger partial charge is 0.151 e. The van der Waals surface area contributed by atoms with E-state index in [1.807, 2.05) is 12.1 Å². The maximum atomic E-state index is 5.82. The monoisotopic (exact) mass is 295 g/mol. The van der Waals surface area contributed by atoms with Crippen molar-refractivity contribution >= 4 is 17.4 Å². The first kappa shape index (κ1) is 15.6. The molecule has 112 valence electrons.